The van der Waals surface area contributed by atoms with Crippen LogP contribution in [0.5, 0.6) is 0 Å². The van der Waals surface area contributed by atoms with E-state index in [0.29, 0.717) is 13.1 Å². The van der Waals surface area contributed by atoms with Crippen LogP contribution in [0, 0.1) is 11.7 Å². The van der Waals surface area contributed by atoms with E-state index in [-0.39, 0.29) is 35.6 Å². The van der Waals surface area contributed by atoms with Crippen molar-refractivity contribution in [3.63, 3.8) is 0 Å². The summed E-state index contributed by atoms with van der Waals surface area (Å²) in [5, 5.41) is 5.96. The fourth-order valence-corrected chi connectivity index (χ4v) is 3.65. The molecule has 1 aliphatic heterocycles. The van der Waals surface area contributed by atoms with Crippen molar-refractivity contribution < 1.29 is 14.0 Å². The van der Waals surface area contributed by atoms with Crippen molar-refractivity contribution in [2.24, 2.45) is 5.92 Å². The number of benzene rings is 2. The van der Waals surface area contributed by atoms with Gasteiger partial charge in [-0.2, -0.15) is 0 Å². The molecule has 0 spiro atoms. The lowest BCUT2D eigenvalue weighted by molar-refractivity contribution is -0.127. The van der Waals surface area contributed by atoms with Crippen LogP contribution in [0.1, 0.15) is 38.3 Å². The van der Waals surface area contributed by atoms with Gasteiger partial charge in [-0.3, -0.25) is 14.5 Å². The van der Waals surface area contributed by atoms with E-state index in [1.807, 2.05) is 44.2 Å². The highest BCUT2D eigenvalue weighted by atomic mass is 19.1. The van der Waals surface area contributed by atoms with Crippen LogP contribution in [0.4, 0.5) is 10.1 Å². The molecule has 0 unspecified atom stereocenters. The predicted octanol–water partition coefficient (Wildman–Crippen LogP) is 3.74. The summed E-state index contributed by atoms with van der Waals surface area (Å²) in [4.78, 5) is 27.2. The van der Waals surface area contributed by atoms with Gasteiger partial charge in [0.25, 0.3) is 0 Å². The highest BCUT2D eigenvalue weighted by molar-refractivity contribution is 5.92. The van der Waals surface area contributed by atoms with Crippen molar-refractivity contribution in [2.45, 2.75) is 38.8 Å². The first-order valence-corrected chi connectivity index (χ1v) is 10.1. The zero-order valence-electron chi connectivity index (χ0n) is 16.9. The van der Waals surface area contributed by atoms with Crippen molar-refractivity contribution >= 4 is 17.5 Å². The fourth-order valence-electron chi connectivity index (χ4n) is 3.65. The van der Waals surface area contributed by atoms with Crippen molar-refractivity contribution in [3.05, 3.63) is 66.0 Å². The number of piperidine rings is 1. The molecule has 2 atom stereocenters. The molecule has 0 aliphatic carbocycles. The first-order chi connectivity index (χ1) is 13.9. The summed E-state index contributed by atoms with van der Waals surface area (Å²) in [5.41, 5.74) is 1.67. The molecule has 3 rings (SSSR count). The van der Waals surface area contributed by atoms with E-state index in [9.17, 15) is 14.0 Å². The molecule has 0 aromatic heterocycles. The van der Waals surface area contributed by atoms with Gasteiger partial charge in [-0.25, -0.2) is 4.39 Å². The lowest BCUT2D eigenvalue weighted by Gasteiger charge is -2.35. The van der Waals surface area contributed by atoms with Gasteiger partial charge in [-0.15, -0.1) is 0 Å². The van der Waals surface area contributed by atoms with Gasteiger partial charge < -0.3 is 10.6 Å². The molecule has 0 saturated carbocycles. The SMILES string of the molecule is C[C@H](NC(=O)[C@@H](C)N1CCC(C(=O)Nc2ccccc2)CC1)c1ccc(F)cc1. The molecular formula is C23H28FN3O2. The number of nitrogens with one attached hydrogen (secondary N) is 2. The van der Waals surface area contributed by atoms with Crippen LogP contribution in [-0.2, 0) is 9.59 Å². The first kappa shape index (κ1) is 21.0. The highest BCUT2D eigenvalue weighted by Crippen LogP contribution is 2.21. The molecule has 1 aliphatic rings. The third-order valence-electron chi connectivity index (χ3n) is 5.60. The molecule has 2 amide bonds. The number of para-hydroxylation sites is 1. The Morgan fingerprint density at radius 1 is 1.00 bits per heavy atom. The molecule has 29 heavy (non-hydrogen) atoms. The molecule has 0 radical (unpaired) electrons. The molecule has 6 heteroatoms. The molecule has 2 aromatic rings. The lowest BCUT2D eigenvalue weighted by Crippen LogP contribution is -2.49. The second-order valence-corrected chi connectivity index (χ2v) is 7.62. The third-order valence-corrected chi connectivity index (χ3v) is 5.60. The Balaban J connectivity index is 1.47. The summed E-state index contributed by atoms with van der Waals surface area (Å²) in [6.07, 6.45) is 1.45. The van der Waals surface area contributed by atoms with Crippen LogP contribution in [0.15, 0.2) is 54.6 Å². The highest BCUT2D eigenvalue weighted by Gasteiger charge is 2.30. The van der Waals surface area contributed by atoms with E-state index in [4.69, 9.17) is 0 Å². The molecule has 154 valence electrons. The van der Waals surface area contributed by atoms with Crippen LogP contribution in [0.2, 0.25) is 0 Å². The van der Waals surface area contributed by atoms with Crippen molar-refractivity contribution in [3.8, 4) is 0 Å². The average Bonchev–Trinajstić information content (AvgIpc) is 2.74. The van der Waals surface area contributed by atoms with Crippen molar-refractivity contribution in [1.82, 2.24) is 10.2 Å². The summed E-state index contributed by atoms with van der Waals surface area (Å²) in [5.74, 6) is -0.355. The second kappa shape index (κ2) is 9.65. The second-order valence-electron chi connectivity index (χ2n) is 7.62. The van der Waals surface area contributed by atoms with Gasteiger partial charge in [0.2, 0.25) is 11.8 Å². The third kappa shape index (κ3) is 5.64. The van der Waals surface area contributed by atoms with Gasteiger partial charge in [-0.05, 0) is 69.6 Å². The number of hydrogen-bond acceptors (Lipinski definition) is 3. The minimum Gasteiger partial charge on any atom is -0.348 e. The van der Waals surface area contributed by atoms with Crippen molar-refractivity contribution in [2.75, 3.05) is 18.4 Å². The maximum absolute atomic E-state index is 13.1. The summed E-state index contributed by atoms with van der Waals surface area (Å²) in [6.45, 7) is 5.17. The normalized spacial score (nSPS) is 17.3. The quantitative estimate of drug-likeness (QED) is 0.781. The zero-order chi connectivity index (χ0) is 20.8. The Hall–Kier alpha value is -2.73. The summed E-state index contributed by atoms with van der Waals surface area (Å²) in [7, 11) is 0. The monoisotopic (exact) mass is 397 g/mol. The Morgan fingerprint density at radius 3 is 2.24 bits per heavy atom. The van der Waals surface area contributed by atoms with Crippen LogP contribution in [0.3, 0.4) is 0 Å². The Labute approximate surface area is 171 Å². The van der Waals surface area contributed by atoms with Gasteiger partial charge in [0, 0.05) is 11.6 Å². The molecule has 2 N–H and O–H groups in total. The van der Waals surface area contributed by atoms with Gasteiger partial charge in [0.1, 0.15) is 5.82 Å². The molecule has 5 nitrogen and oxygen atoms in total. The van der Waals surface area contributed by atoms with Crippen molar-refractivity contribution in [1.29, 1.82) is 0 Å². The Kier molecular flexibility index (Phi) is 6.99. The molecular weight excluding hydrogens is 369 g/mol. The van der Waals surface area contributed by atoms with Gasteiger partial charge in [-0.1, -0.05) is 30.3 Å². The maximum atomic E-state index is 13.1. The number of amides is 2. The molecule has 1 fully saturated rings. The van der Waals surface area contributed by atoms with Gasteiger partial charge >= 0.3 is 0 Å². The number of carbonyl (C=O) groups excluding carboxylic acids is 2. The van der Waals surface area contributed by atoms with Crippen LogP contribution in [-0.4, -0.2) is 35.8 Å². The van der Waals surface area contributed by atoms with Crippen LogP contribution >= 0.6 is 0 Å². The van der Waals surface area contributed by atoms with Gasteiger partial charge in [0.05, 0.1) is 12.1 Å². The Morgan fingerprint density at radius 2 is 1.62 bits per heavy atom. The van der Waals surface area contributed by atoms with E-state index < -0.39 is 0 Å². The van der Waals surface area contributed by atoms with E-state index in [0.717, 1.165) is 24.1 Å². The number of likely N-dealkylation sites (tertiary alicyclic amines) is 1. The van der Waals surface area contributed by atoms with E-state index in [2.05, 4.69) is 15.5 Å². The Bertz CT molecular complexity index is 818. The number of rotatable bonds is 6. The molecule has 2 aromatic carbocycles. The van der Waals surface area contributed by atoms with E-state index in [1.54, 1.807) is 12.1 Å². The molecule has 1 saturated heterocycles. The maximum Gasteiger partial charge on any atom is 0.237 e. The molecule has 0 bridgehead atoms. The minimum atomic E-state index is -0.292. The molecule has 1 heterocycles. The summed E-state index contributed by atoms with van der Waals surface area (Å²) in [6, 6.07) is 15.1. The predicted molar refractivity (Wildman–Crippen MR) is 112 cm³/mol. The standard InChI is InChI=1S/C23H28FN3O2/c1-16(18-8-10-20(24)11-9-18)25-22(28)17(2)27-14-12-19(13-15-27)23(29)26-21-6-4-3-5-7-21/h3-11,16-17,19H,12-15H2,1-2H3,(H,25,28)(H,26,29)/t16-,17+/m0/s1. The number of halogens is 1. The van der Waals surface area contributed by atoms with Crippen LogP contribution in [0.25, 0.3) is 0 Å². The minimum absolute atomic E-state index is 0.0397. The largest absolute Gasteiger partial charge is 0.348 e. The summed E-state index contributed by atoms with van der Waals surface area (Å²) >= 11 is 0. The van der Waals surface area contributed by atoms with E-state index >= 15 is 0 Å². The smallest absolute Gasteiger partial charge is 0.237 e. The fraction of sp³-hybridized carbons (Fsp3) is 0.391. The van der Waals surface area contributed by atoms with Gasteiger partial charge in [0.15, 0.2) is 0 Å². The summed E-state index contributed by atoms with van der Waals surface area (Å²) < 4.78 is 13.1. The average molecular weight is 397 g/mol. The van der Waals surface area contributed by atoms with E-state index in [1.165, 1.54) is 12.1 Å². The number of anilines is 1. The van der Waals surface area contributed by atoms with Crippen LogP contribution < -0.4 is 10.6 Å². The topological polar surface area (TPSA) is 61.4 Å². The lowest BCUT2D eigenvalue weighted by atomic mass is 9.94. The number of carbonyl (C=O) groups is 2. The zero-order valence-corrected chi connectivity index (χ0v) is 16.9. The number of hydrogen-bond donors (Lipinski definition) is 2. The first-order valence-electron chi connectivity index (χ1n) is 10.1. The number of nitrogens with zero attached hydrogens (tertiary/aromatic N) is 1.